The Morgan fingerprint density at radius 1 is 0.837 bits per heavy atom. The highest BCUT2D eigenvalue weighted by atomic mass is 32.2. The molecular formula is C33H42N2O11S3. The van der Waals surface area contributed by atoms with E-state index in [-0.39, 0.29) is 22.6 Å². The third-order valence-corrected chi connectivity index (χ3v) is 11.6. The summed E-state index contributed by atoms with van der Waals surface area (Å²) in [4.78, 5) is 12.4. The van der Waals surface area contributed by atoms with Gasteiger partial charge in [0.15, 0.2) is 5.71 Å². The summed E-state index contributed by atoms with van der Waals surface area (Å²) in [6.07, 6.45) is 7.92. The van der Waals surface area contributed by atoms with Crippen LogP contribution >= 0.6 is 0 Å². The Hall–Kier alpha value is -3.41. The van der Waals surface area contributed by atoms with Crippen LogP contribution in [0.15, 0.2) is 70.1 Å². The summed E-state index contributed by atoms with van der Waals surface area (Å²) in [7, 11) is -13.4. The van der Waals surface area contributed by atoms with E-state index in [1.807, 2.05) is 55.4 Å². The number of anilines is 1. The summed E-state index contributed by atoms with van der Waals surface area (Å²) < 4.78 is 103. The molecule has 0 bridgehead atoms. The lowest BCUT2D eigenvalue weighted by molar-refractivity contribution is -0.438. The van der Waals surface area contributed by atoms with Gasteiger partial charge in [-0.1, -0.05) is 19.9 Å². The van der Waals surface area contributed by atoms with E-state index in [0.29, 0.717) is 55.6 Å². The minimum absolute atomic E-state index is 0.0525. The molecule has 2 aliphatic heterocycles. The van der Waals surface area contributed by atoms with E-state index < -0.39 is 52.9 Å². The number of aliphatic carboxylic acids is 1. The molecule has 0 atom stereocenters. The summed E-state index contributed by atoms with van der Waals surface area (Å²) in [5.41, 5.74) is 2.82. The van der Waals surface area contributed by atoms with Gasteiger partial charge in [0.05, 0.1) is 25.3 Å². The third-order valence-electron chi connectivity index (χ3n) is 9.13. The summed E-state index contributed by atoms with van der Waals surface area (Å²) >= 11 is 0. The van der Waals surface area contributed by atoms with Crippen LogP contribution in [-0.4, -0.2) is 79.1 Å². The van der Waals surface area contributed by atoms with Gasteiger partial charge in [0.25, 0.3) is 20.2 Å². The van der Waals surface area contributed by atoms with Crippen molar-refractivity contribution in [2.24, 2.45) is 0 Å². The van der Waals surface area contributed by atoms with Gasteiger partial charge in [-0.15, -0.1) is 0 Å². The Morgan fingerprint density at radius 2 is 1.45 bits per heavy atom. The van der Waals surface area contributed by atoms with Gasteiger partial charge in [0.1, 0.15) is 6.54 Å². The molecule has 0 fully saturated rings. The SMILES string of the molecule is CC1(C)C(=CC=CC2=[N+](CCCCCC(=O)O)c3ccc(S(=O)(=O)O)cc3C2(C)C)N(CCCCS(=O)(=O)[O-])c2ccc(S(=O)(=O)O)cc21. The molecule has 4 rings (SSSR count). The van der Waals surface area contributed by atoms with Gasteiger partial charge in [-0.25, -0.2) is 8.42 Å². The smallest absolute Gasteiger partial charge is 0.303 e. The minimum Gasteiger partial charge on any atom is -0.748 e. The first-order chi connectivity index (χ1) is 22.5. The zero-order valence-corrected chi connectivity index (χ0v) is 30.2. The van der Waals surface area contributed by atoms with Gasteiger partial charge >= 0.3 is 5.97 Å². The highest BCUT2D eigenvalue weighted by Gasteiger charge is 2.45. The monoisotopic (exact) mass is 738 g/mol. The molecule has 2 aromatic carbocycles. The number of fused-ring (bicyclic) bond motifs is 2. The lowest BCUT2D eigenvalue weighted by Crippen LogP contribution is -2.28. The maximum Gasteiger partial charge on any atom is 0.303 e. The van der Waals surface area contributed by atoms with Crippen molar-refractivity contribution in [1.82, 2.24) is 0 Å². The number of unbranched alkanes of at least 4 members (excludes halogenated alkanes) is 3. The van der Waals surface area contributed by atoms with E-state index >= 15 is 0 Å². The average molecular weight is 739 g/mol. The van der Waals surface area contributed by atoms with E-state index in [4.69, 9.17) is 5.11 Å². The second kappa shape index (κ2) is 14.1. The van der Waals surface area contributed by atoms with Crippen molar-refractivity contribution in [3.05, 3.63) is 71.5 Å². The highest BCUT2D eigenvalue weighted by Crippen LogP contribution is 2.49. The molecule has 0 aromatic heterocycles. The van der Waals surface area contributed by atoms with Gasteiger partial charge in [-0.2, -0.15) is 21.4 Å². The van der Waals surface area contributed by atoms with Crippen LogP contribution in [0.1, 0.15) is 77.3 Å². The molecule has 0 unspecified atom stereocenters. The largest absolute Gasteiger partial charge is 0.748 e. The van der Waals surface area contributed by atoms with E-state index in [9.17, 15) is 43.7 Å². The predicted molar refractivity (Wildman–Crippen MR) is 183 cm³/mol. The zero-order valence-electron chi connectivity index (χ0n) is 27.8. The summed E-state index contributed by atoms with van der Waals surface area (Å²) in [5, 5.41) is 9.02. The molecule has 2 aliphatic rings. The number of allylic oxidation sites excluding steroid dienone is 4. The Bertz CT molecular complexity index is 2060. The Balaban J connectivity index is 1.76. The molecule has 16 heteroatoms. The fraction of sp³-hybridized carbons (Fsp3) is 0.455. The molecule has 0 aliphatic carbocycles. The Kier molecular flexibility index (Phi) is 11.0. The van der Waals surface area contributed by atoms with Crippen molar-refractivity contribution >= 4 is 53.4 Å². The fourth-order valence-corrected chi connectivity index (χ4v) is 8.19. The number of nitrogens with zero attached hydrogens (tertiary/aromatic N) is 2. The van der Waals surface area contributed by atoms with Crippen LogP contribution in [0.2, 0.25) is 0 Å². The number of rotatable bonds is 15. The predicted octanol–water partition coefficient (Wildman–Crippen LogP) is 4.76. The first-order valence-electron chi connectivity index (χ1n) is 15.8. The van der Waals surface area contributed by atoms with E-state index in [1.165, 1.54) is 24.3 Å². The maximum absolute atomic E-state index is 12.0. The number of carboxylic acid groups (broad SMARTS) is 1. The van der Waals surface area contributed by atoms with Crippen LogP contribution in [0.25, 0.3) is 0 Å². The number of hydrogen-bond acceptors (Lipinski definition) is 9. The molecule has 49 heavy (non-hydrogen) atoms. The first kappa shape index (κ1) is 38.4. The molecule has 0 radical (unpaired) electrons. The lowest BCUT2D eigenvalue weighted by atomic mass is 9.81. The summed E-state index contributed by atoms with van der Waals surface area (Å²) in [6.45, 7) is 8.49. The van der Waals surface area contributed by atoms with Crippen LogP contribution in [0.3, 0.4) is 0 Å². The molecule has 2 heterocycles. The maximum atomic E-state index is 12.0. The quantitative estimate of drug-likeness (QED) is 0.128. The van der Waals surface area contributed by atoms with Crippen molar-refractivity contribution < 1.29 is 53.4 Å². The number of carbonyl (C=O) groups is 1. The van der Waals surface area contributed by atoms with Crippen LogP contribution in [0.5, 0.6) is 0 Å². The van der Waals surface area contributed by atoms with Crippen molar-refractivity contribution in [2.45, 2.75) is 86.8 Å². The number of carboxylic acids is 1. The van der Waals surface area contributed by atoms with Crippen molar-refractivity contribution in [2.75, 3.05) is 23.7 Å². The molecule has 0 saturated carbocycles. The standard InChI is InChI=1S/C33H42N2O11S3/c1-32(2)25-21-23(48(41,42)43)14-16-27(25)34(18-7-5-6-13-31(36)37)29(32)11-10-12-30-33(3,4)26-22-24(49(44,45)46)15-17-28(26)35(30)19-8-9-20-47(38,39)40/h10-12,14-17,21-22H,5-9,13,18-20H2,1-4H3,(H3-,36,37,38,39,40,41,42,43,44,45,46). The van der Waals surface area contributed by atoms with Gasteiger partial charge in [-0.05, 0) is 81.5 Å². The molecule has 0 spiro atoms. The van der Waals surface area contributed by atoms with Gasteiger partial charge in [0.2, 0.25) is 5.69 Å². The molecule has 13 nitrogen and oxygen atoms in total. The number of benzene rings is 2. The van der Waals surface area contributed by atoms with Gasteiger partial charge in [-0.3, -0.25) is 13.9 Å². The second-order valence-corrected chi connectivity index (χ2v) is 17.7. The highest BCUT2D eigenvalue weighted by molar-refractivity contribution is 7.86. The lowest BCUT2D eigenvalue weighted by Gasteiger charge is -2.27. The van der Waals surface area contributed by atoms with Crippen LogP contribution < -0.4 is 4.90 Å². The molecule has 0 saturated heterocycles. The van der Waals surface area contributed by atoms with E-state index in [1.54, 1.807) is 12.1 Å². The molecule has 2 aromatic rings. The minimum atomic E-state index is -4.49. The van der Waals surface area contributed by atoms with Crippen molar-refractivity contribution in [3.8, 4) is 0 Å². The van der Waals surface area contributed by atoms with Crippen molar-refractivity contribution in [3.63, 3.8) is 0 Å². The zero-order chi connectivity index (χ0) is 36.6. The Labute approximate surface area is 287 Å². The van der Waals surface area contributed by atoms with E-state index in [2.05, 4.69) is 0 Å². The molecular weight excluding hydrogens is 697 g/mol. The van der Waals surface area contributed by atoms with Gasteiger partial charge < -0.3 is 14.6 Å². The average Bonchev–Trinajstić information content (AvgIpc) is 3.31. The summed E-state index contributed by atoms with van der Waals surface area (Å²) in [5.74, 6) is -1.39. The Morgan fingerprint density at radius 3 is 2.04 bits per heavy atom. The summed E-state index contributed by atoms with van der Waals surface area (Å²) in [6, 6.07) is 8.72. The van der Waals surface area contributed by atoms with Crippen LogP contribution in [-0.2, 0) is 46.0 Å². The molecule has 268 valence electrons. The van der Waals surface area contributed by atoms with Crippen molar-refractivity contribution in [1.29, 1.82) is 0 Å². The third kappa shape index (κ3) is 8.67. The van der Waals surface area contributed by atoms with Crippen LogP contribution in [0, 0.1) is 0 Å². The first-order valence-corrected chi connectivity index (χ1v) is 20.2. The van der Waals surface area contributed by atoms with Gasteiger partial charge in [0, 0.05) is 59.6 Å². The topological polar surface area (TPSA) is 209 Å². The molecule has 3 N–H and O–H groups in total. The van der Waals surface area contributed by atoms with E-state index in [0.717, 1.165) is 17.1 Å². The fourth-order valence-electron chi connectivity index (χ4n) is 6.61. The molecule has 0 amide bonds. The normalized spacial score (nSPS) is 18.0. The van der Waals surface area contributed by atoms with Crippen LogP contribution in [0.4, 0.5) is 11.4 Å². The second-order valence-electron chi connectivity index (χ2n) is 13.3. The number of hydrogen-bond donors (Lipinski definition) is 3.